The molecule has 0 saturated carbocycles. The van der Waals surface area contributed by atoms with Crippen LogP contribution in [0.1, 0.15) is 18.9 Å². The summed E-state index contributed by atoms with van der Waals surface area (Å²) < 4.78 is 39.5. The van der Waals surface area contributed by atoms with Crippen LogP contribution in [0, 0.1) is 5.82 Å². The van der Waals surface area contributed by atoms with Crippen molar-refractivity contribution in [3.8, 4) is 0 Å². The summed E-state index contributed by atoms with van der Waals surface area (Å²) in [5.41, 5.74) is -3.19. The summed E-state index contributed by atoms with van der Waals surface area (Å²) >= 11 is 0. The zero-order valence-corrected chi connectivity index (χ0v) is 8.95. The Balaban J connectivity index is 3.30. The molecule has 94 valence electrons. The number of hydrogen-bond donors (Lipinski definition) is 2. The second-order valence-corrected chi connectivity index (χ2v) is 3.60. The monoisotopic (exact) mass is 248 g/mol. The number of hydrogen-bond acceptors (Lipinski definition) is 2. The van der Waals surface area contributed by atoms with Crippen LogP contribution in [-0.2, 0) is 10.4 Å². The van der Waals surface area contributed by atoms with E-state index in [0.29, 0.717) is 0 Å². The Kier molecular flexibility index (Phi) is 3.47. The topological polar surface area (TPSA) is 57.5 Å². The summed E-state index contributed by atoms with van der Waals surface area (Å²) in [4.78, 5) is 10.5. The first-order chi connectivity index (χ1) is 7.75. The summed E-state index contributed by atoms with van der Waals surface area (Å²) in [5, 5.41) is 18.3. The number of halogens is 3. The van der Waals surface area contributed by atoms with Gasteiger partial charge in [0.1, 0.15) is 5.82 Å². The molecular formula is C11H11F3O3. The number of rotatable bonds is 4. The molecule has 0 heterocycles. The van der Waals surface area contributed by atoms with Crippen molar-refractivity contribution in [3.63, 3.8) is 0 Å². The maximum Gasteiger partial charge on any atom is 0.378 e. The largest absolute Gasteiger partial charge is 0.477 e. The molecule has 17 heavy (non-hydrogen) atoms. The Morgan fingerprint density at radius 2 is 1.76 bits per heavy atom. The third-order valence-electron chi connectivity index (χ3n) is 2.62. The lowest BCUT2D eigenvalue weighted by Crippen LogP contribution is -2.50. The molecule has 0 aliphatic carbocycles. The van der Waals surface area contributed by atoms with Gasteiger partial charge in [0.15, 0.2) is 5.60 Å². The van der Waals surface area contributed by atoms with E-state index in [1.165, 1.54) is 6.92 Å². The highest BCUT2D eigenvalue weighted by Gasteiger charge is 2.58. The minimum atomic E-state index is -4.35. The van der Waals surface area contributed by atoms with Gasteiger partial charge in [-0.1, -0.05) is 19.1 Å². The molecule has 0 bridgehead atoms. The molecule has 0 aromatic heterocycles. The maximum atomic E-state index is 13.4. The van der Waals surface area contributed by atoms with Crippen molar-refractivity contribution in [2.45, 2.75) is 24.9 Å². The highest BCUT2D eigenvalue weighted by molar-refractivity contribution is 5.77. The normalized spacial score (nSPS) is 15.4. The number of benzene rings is 1. The highest BCUT2D eigenvalue weighted by atomic mass is 19.3. The van der Waals surface area contributed by atoms with Crippen molar-refractivity contribution in [2.24, 2.45) is 0 Å². The first-order valence-corrected chi connectivity index (χ1v) is 4.85. The van der Waals surface area contributed by atoms with E-state index in [0.717, 1.165) is 24.3 Å². The van der Waals surface area contributed by atoms with E-state index in [9.17, 15) is 23.1 Å². The average Bonchev–Trinajstić information content (AvgIpc) is 2.28. The zero-order chi connectivity index (χ0) is 13.3. The molecule has 1 atom stereocenters. The van der Waals surface area contributed by atoms with Gasteiger partial charge in [0, 0.05) is 0 Å². The lowest BCUT2D eigenvalue weighted by Gasteiger charge is -2.32. The van der Waals surface area contributed by atoms with E-state index < -0.39 is 29.7 Å². The SMILES string of the molecule is CCC(O)(c1ccc(F)cc1)C(F)(F)C(=O)O. The standard InChI is InChI=1S/C11H11F3O3/c1-2-10(17,11(13,14)9(15)16)7-3-5-8(12)6-4-7/h3-6,17H,2H2,1H3,(H,15,16). The highest BCUT2D eigenvalue weighted by Crippen LogP contribution is 2.40. The lowest BCUT2D eigenvalue weighted by molar-refractivity contribution is -0.213. The van der Waals surface area contributed by atoms with Crippen LogP contribution in [0.15, 0.2) is 24.3 Å². The third kappa shape index (κ3) is 2.12. The molecule has 1 aromatic carbocycles. The van der Waals surface area contributed by atoms with E-state index in [1.54, 1.807) is 0 Å². The molecule has 2 N–H and O–H groups in total. The Labute approximate surface area is 95.5 Å². The van der Waals surface area contributed by atoms with E-state index in [2.05, 4.69) is 0 Å². The van der Waals surface area contributed by atoms with Crippen LogP contribution in [0.4, 0.5) is 13.2 Å². The minimum absolute atomic E-state index is 0.339. The first-order valence-electron chi connectivity index (χ1n) is 4.85. The predicted octanol–water partition coefficient (Wildman–Crippen LogP) is 2.14. The van der Waals surface area contributed by atoms with E-state index in [1.807, 2.05) is 0 Å². The first kappa shape index (κ1) is 13.5. The van der Waals surface area contributed by atoms with E-state index >= 15 is 0 Å². The third-order valence-corrected chi connectivity index (χ3v) is 2.62. The fourth-order valence-electron chi connectivity index (χ4n) is 1.51. The van der Waals surface area contributed by atoms with Gasteiger partial charge in [-0.05, 0) is 24.1 Å². The number of carboxylic acid groups (broad SMARTS) is 1. The molecule has 1 aromatic rings. The second kappa shape index (κ2) is 4.37. The van der Waals surface area contributed by atoms with Crippen LogP contribution < -0.4 is 0 Å². The van der Waals surface area contributed by atoms with Gasteiger partial charge in [-0.3, -0.25) is 0 Å². The van der Waals surface area contributed by atoms with Crippen LogP contribution in [-0.4, -0.2) is 22.1 Å². The lowest BCUT2D eigenvalue weighted by atomic mass is 9.85. The van der Waals surface area contributed by atoms with Gasteiger partial charge in [0.2, 0.25) is 0 Å². The number of aliphatic hydroxyl groups is 1. The summed E-state index contributed by atoms with van der Waals surface area (Å²) in [5.74, 6) is -7.43. The fraction of sp³-hybridized carbons (Fsp3) is 0.364. The summed E-state index contributed by atoms with van der Waals surface area (Å²) in [6.45, 7) is 1.22. The van der Waals surface area contributed by atoms with Crippen molar-refractivity contribution in [1.82, 2.24) is 0 Å². The van der Waals surface area contributed by atoms with Gasteiger partial charge >= 0.3 is 11.9 Å². The van der Waals surface area contributed by atoms with Crippen LogP contribution in [0.5, 0.6) is 0 Å². The van der Waals surface area contributed by atoms with Crippen LogP contribution >= 0.6 is 0 Å². The van der Waals surface area contributed by atoms with Crippen molar-refractivity contribution >= 4 is 5.97 Å². The smallest absolute Gasteiger partial charge is 0.378 e. The Morgan fingerprint density at radius 1 is 1.29 bits per heavy atom. The molecule has 0 saturated heterocycles. The Hall–Kier alpha value is -1.56. The van der Waals surface area contributed by atoms with E-state index in [-0.39, 0.29) is 5.56 Å². The zero-order valence-electron chi connectivity index (χ0n) is 8.95. The molecule has 0 amide bonds. The van der Waals surface area contributed by atoms with Crippen molar-refractivity contribution in [3.05, 3.63) is 35.6 Å². The molecule has 0 radical (unpaired) electrons. The van der Waals surface area contributed by atoms with Gasteiger partial charge in [-0.25, -0.2) is 9.18 Å². The number of alkyl halides is 2. The quantitative estimate of drug-likeness (QED) is 0.858. The van der Waals surface area contributed by atoms with Gasteiger partial charge in [0.05, 0.1) is 0 Å². The Morgan fingerprint density at radius 3 is 2.12 bits per heavy atom. The molecule has 3 nitrogen and oxygen atoms in total. The predicted molar refractivity (Wildman–Crippen MR) is 53.2 cm³/mol. The maximum absolute atomic E-state index is 13.4. The fourth-order valence-corrected chi connectivity index (χ4v) is 1.51. The second-order valence-electron chi connectivity index (χ2n) is 3.60. The van der Waals surface area contributed by atoms with Crippen molar-refractivity contribution in [2.75, 3.05) is 0 Å². The summed E-state index contributed by atoms with van der Waals surface area (Å²) in [7, 11) is 0. The van der Waals surface area contributed by atoms with Gasteiger partial charge in [-0.15, -0.1) is 0 Å². The molecule has 1 rings (SSSR count). The number of carbonyl (C=O) groups is 1. The number of carboxylic acids is 1. The van der Waals surface area contributed by atoms with Crippen LogP contribution in [0.2, 0.25) is 0 Å². The van der Waals surface area contributed by atoms with Crippen LogP contribution in [0.3, 0.4) is 0 Å². The van der Waals surface area contributed by atoms with E-state index in [4.69, 9.17) is 5.11 Å². The molecular weight excluding hydrogens is 237 g/mol. The molecule has 0 aliphatic heterocycles. The molecule has 0 aliphatic rings. The molecule has 6 heteroatoms. The molecule has 1 unspecified atom stereocenters. The number of aliphatic carboxylic acids is 1. The van der Waals surface area contributed by atoms with Crippen molar-refractivity contribution < 1.29 is 28.2 Å². The van der Waals surface area contributed by atoms with Gasteiger partial charge < -0.3 is 10.2 Å². The Bertz CT molecular complexity index is 416. The summed E-state index contributed by atoms with van der Waals surface area (Å²) in [6.07, 6.45) is -0.516. The molecule has 0 fully saturated rings. The van der Waals surface area contributed by atoms with Gasteiger partial charge in [0.25, 0.3) is 0 Å². The average molecular weight is 248 g/mol. The minimum Gasteiger partial charge on any atom is -0.477 e. The molecule has 0 spiro atoms. The van der Waals surface area contributed by atoms with Crippen molar-refractivity contribution in [1.29, 1.82) is 0 Å². The van der Waals surface area contributed by atoms with Gasteiger partial charge in [-0.2, -0.15) is 8.78 Å². The summed E-state index contributed by atoms with van der Waals surface area (Å²) in [6, 6.07) is 3.65. The van der Waals surface area contributed by atoms with Crippen LogP contribution in [0.25, 0.3) is 0 Å².